The molecule has 0 radical (unpaired) electrons. The minimum Gasteiger partial charge on any atom is -0.234 e. The second-order valence-electron chi connectivity index (χ2n) is 11.5. The van der Waals surface area contributed by atoms with Crippen molar-refractivity contribution in [3.8, 4) is 22.5 Å². The van der Waals surface area contributed by atoms with Crippen LogP contribution < -0.4 is 4.57 Å². The van der Waals surface area contributed by atoms with Crippen molar-refractivity contribution in [2.75, 3.05) is 0 Å². The van der Waals surface area contributed by atoms with Gasteiger partial charge in [0.1, 0.15) is 17.0 Å². The largest absolute Gasteiger partial charge is 0.240 e. The Balaban J connectivity index is 2.27. The number of benzene rings is 3. The van der Waals surface area contributed by atoms with Crippen molar-refractivity contribution >= 4 is 11.0 Å². The zero-order valence-electron chi connectivity index (χ0n) is 22.0. The summed E-state index contributed by atoms with van der Waals surface area (Å²) in [5, 5.41) is 0. The number of hydrogen-bond donors (Lipinski definition) is 0. The lowest BCUT2D eigenvalue weighted by Crippen LogP contribution is -2.53. The molecule has 0 unspecified atom stereocenters. The van der Waals surface area contributed by atoms with E-state index in [4.69, 9.17) is 4.98 Å². The fourth-order valence-electron chi connectivity index (χ4n) is 4.69. The van der Waals surface area contributed by atoms with Gasteiger partial charge in [0, 0.05) is 32.4 Å². The molecule has 0 aliphatic heterocycles. The van der Waals surface area contributed by atoms with Crippen molar-refractivity contribution in [1.82, 2.24) is 4.98 Å². The monoisotopic (exact) mass is 455 g/mol. The van der Waals surface area contributed by atoms with Crippen molar-refractivity contribution in [2.24, 2.45) is 0 Å². The summed E-state index contributed by atoms with van der Waals surface area (Å²) in [6, 6.07) is 17.8. The highest BCUT2D eigenvalue weighted by atomic mass is 19.1. The van der Waals surface area contributed by atoms with E-state index in [1.54, 1.807) is 0 Å². The molecule has 3 heteroatoms. The maximum atomic E-state index is 13.9. The topological polar surface area (TPSA) is 16.8 Å². The van der Waals surface area contributed by atoms with Gasteiger partial charge in [-0.3, -0.25) is 0 Å². The van der Waals surface area contributed by atoms with Crippen LogP contribution in [0.3, 0.4) is 0 Å². The average Bonchev–Trinajstić information content (AvgIpc) is 2.73. The van der Waals surface area contributed by atoms with Gasteiger partial charge in [0.05, 0.1) is 5.56 Å². The van der Waals surface area contributed by atoms with Crippen LogP contribution in [-0.2, 0) is 11.0 Å². The normalized spacial score (nSPS) is 12.4. The van der Waals surface area contributed by atoms with E-state index < -0.39 is 0 Å². The Hall–Kier alpha value is -3.07. The predicted octanol–water partition coefficient (Wildman–Crippen LogP) is 7.97. The molecule has 0 amide bonds. The summed E-state index contributed by atoms with van der Waals surface area (Å²) >= 11 is 0. The smallest absolute Gasteiger partial charge is 0.234 e. The molecule has 0 fully saturated rings. The summed E-state index contributed by atoms with van der Waals surface area (Å²) in [5.41, 5.74) is 10.8. The first-order chi connectivity index (χ1) is 15.8. The summed E-state index contributed by atoms with van der Waals surface area (Å²) in [5.74, 6) is -0.244. The minimum absolute atomic E-state index is 0.0602. The van der Waals surface area contributed by atoms with Gasteiger partial charge in [-0.25, -0.2) is 9.37 Å². The van der Waals surface area contributed by atoms with Gasteiger partial charge in [0.15, 0.2) is 5.54 Å². The zero-order chi connectivity index (χ0) is 25.0. The van der Waals surface area contributed by atoms with Crippen LogP contribution >= 0.6 is 0 Å². The second-order valence-corrected chi connectivity index (χ2v) is 11.5. The first-order valence-electron chi connectivity index (χ1n) is 12.0. The number of fused-ring (bicyclic) bond motifs is 1. The Morgan fingerprint density at radius 1 is 0.765 bits per heavy atom. The number of rotatable bonds is 2. The van der Waals surface area contributed by atoms with Crippen LogP contribution in [0.1, 0.15) is 63.8 Å². The lowest BCUT2D eigenvalue weighted by Gasteiger charge is -2.26. The van der Waals surface area contributed by atoms with Crippen LogP contribution in [-0.4, -0.2) is 4.98 Å². The Labute approximate surface area is 203 Å². The molecule has 0 saturated heterocycles. The van der Waals surface area contributed by atoms with Crippen LogP contribution in [0.4, 0.5) is 4.39 Å². The van der Waals surface area contributed by atoms with Gasteiger partial charge in [-0.15, -0.1) is 0 Å². The molecule has 0 saturated carbocycles. The molecule has 4 aromatic rings. The number of hydrogen-bond acceptors (Lipinski definition) is 1. The van der Waals surface area contributed by atoms with Crippen molar-refractivity contribution in [1.29, 1.82) is 0 Å². The molecule has 0 atom stereocenters. The van der Waals surface area contributed by atoms with E-state index in [1.165, 1.54) is 39.9 Å². The highest BCUT2D eigenvalue weighted by Crippen LogP contribution is 2.38. The molecule has 0 aliphatic carbocycles. The van der Waals surface area contributed by atoms with Crippen molar-refractivity contribution in [3.63, 3.8) is 0 Å². The van der Waals surface area contributed by atoms with Gasteiger partial charge in [-0.1, -0.05) is 38.5 Å². The molecule has 0 spiro atoms. The number of aryl methyl sites for hydroxylation is 3. The average molecular weight is 456 g/mol. The predicted molar refractivity (Wildman–Crippen MR) is 141 cm³/mol. The lowest BCUT2D eigenvalue weighted by molar-refractivity contribution is -0.720. The summed E-state index contributed by atoms with van der Waals surface area (Å²) in [6.45, 7) is 19.9. The quantitative estimate of drug-likeness (QED) is 0.280. The Bertz CT molecular complexity index is 1380. The van der Waals surface area contributed by atoms with Crippen molar-refractivity contribution in [3.05, 3.63) is 82.7 Å². The second kappa shape index (κ2) is 8.30. The molecular formula is C31H36FN2+. The molecule has 3 aromatic carbocycles. The molecule has 1 aromatic heterocycles. The third-order valence-corrected chi connectivity index (χ3v) is 6.54. The van der Waals surface area contributed by atoms with Gasteiger partial charge in [-0.2, -0.15) is 4.57 Å². The highest BCUT2D eigenvalue weighted by molar-refractivity contribution is 5.84. The summed E-state index contributed by atoms with van der Waals surface area (Å²) in [6.07, 6.45) is 0. The SMILES string of the molecule is Cc1ccc(-c2c(-c3ccc(F)cc3)nc3cc(C)c(C)cc3[n+]2C(C)(C)C)c(C(C)(C)C)c1. The van der Waals surface area contributed by atoms with E-state index in [2.05, 4.69) is 97.2 Å². The van der Waals surface area contributed by atoms with Gasteiger partial charge in [0.25, 0.3) is 0 Å². The summed E-state index contributed by atoms with van der Waals surface area (Å²) in [4.78, 5) is 5.23. The molecule has 2 nitrogen and oxygen atoms in total. The highest BCUT2D eigenvalue weighted by Gasteiger charge is 2.36. The van der Waals surface area contributed by atoms with E-state index in [1.807, 2.05) is 12.1 Å². The molecule has 0 N–H and O–H groups in total. The fraction of sp³-hybridized carbons (Fsp3) is 0.355. The van der Waals surface area contributed by atoms with Crippen molar-refractivity contribution < 1.29 is 8.96 Å². The number of nitrogens with zero attached hydrogens (tertiary/aromatic N) is 2. The van der Waals surface area contributed by atoms with E-state index in [9.17, 15) is 4.39 Å². The maximum absolute atomic E-state index is 13.9. The zero-order valence-corrected chi connectivity index (χ0v) is 22.0. The third-order valence-electron chi connectivity index (χ3n) is 6.54. The summed E-state index contributed by atoms with van der Waals surface area (Å²) in [7, 11) is 0. The first kappa shape index (κ1) is 24.1. The van der Waals surface area contributed by atoms with E-state index in [-0.39, 0.29) is 16.8 Å². The van der Waals surface area contributed by atoms with Crippen molar-refractivity contribution in [2.45, 2.75) is 73.3 Å². The molecule has 0 aliphatic rings. The molecule has 4 rings (SSSR count). The Morgan fingerprint density at radius 2 is 1.38 bits per heavy atom. The molecular weight excluding hydrogens is 419 g/mol. The molecule has 0 bridgehead atoms. The number of aromatic nitrogens is 2. The van der Waals surface area contributed by atoms with E-state index in [0.29, 0.717) is 0 Å². The number of halogens is 1. The van der Waals surface area contributed by atoms with Crippen LogP contribution in [0, 0.1) is 26.6 Å². The Morgan fingerprint density at radius 3 is 1.97 bits per heavy atom. The fourth-order valence-corrected chi connectivity index (χ4v) is 4.69. The van der Waals surface area contributed by atoms with Gasteiger partial charge in [-0.05, 0) is 79.3 Å². The lowest BCUT2D eigenvalue weighted by atomic mass is 9.81. The van der Waals surface area contributed by atoms with Crippen LogP contribution in [0.2, 0.25) is 0 Å². The van der Waals surface area contributed by atoms with Crippen LogP contribution in [0.15, 0.2) is 54.6 Å². The van der Waals surface area contributed by atoms with Gasteiger partial charge in [0.2, 0.25) is 11.2 Å². The molecule has 176 valence electrons. The third kappa shape index (κ3) is 4.36. The first-order valence-corrected chi connectivity index (χ1v) is 12.0. The molecule has 34 heavy (non-hydrogen) atoms. The van der Waals surface area contributed by atoms with E-state index >= 15 is 0 Å². The Kier molecular flexibility index (Phi) is 5.88. The van der Waals surface area contributed by atoms with E-state index in [0.717, 1.165) is 28.0 Å². The van der Waals surface area contributed by atoms with Gasteiger partial charge >= 0.3 is 0 Å². The minimum atomic E-state index is -0.244. The van der Waals surface area contributed by atoms with Gasteiger partial charge < -0.3 is 0 Å². The molecule has 1 heterocycles. The maximum Gasteiger partial charge on any atom is 0.240 e. The summed E-state index contributed by atoms with van der Waals surface area (Å²) < 4.78 is 16.3. The standard InChI is InChI=1S/C31H36FN2/c1-19-10-15-24(25(16-19)30(4,5)6)29-28(22-11-13-23(32)14-12-22)33-26-17-20(2)21(3)18-27(26)34(29)31(7,8)9/h10-18H,1-9H3/q+1. The van der Waals surface area contributed by atoms with Crippen LogP contribution in [0.25, 0.3) is 33.5 Å². The van der Waals surface area contributed by atoms with Crippen LogP contribution in [0.5, 0.6) is 0 Å².